The average molecular weight is 321 g/mol. The maximum absolute atomic E-state index is 6.32. The molecule has 3 rings (SSSR count). The number of hydrogen-bond donors (Lipinski definition) is 1. The number of hydrogen-bond acceptors (Lipinski definition) is 3. The molecule has 1 unspecified atom stereocenters. The quantitative estimate of drug-likeness (QED) is 0.816. The van der Waals surface area contributed by atoms with E-state index in [1.807, 2.05) is 18.2 Å². The van der Waals surface area contributed by atoms with Gasteiger partial charge in [0, 0.05) is 30.2 Å². The Kier molecular flexibility index (Phi) is 4.96. The van der Waals surface area contributed by atoms with Crippen LogP contribution in [0.3, 0.4) is 0 Å². The SMILES string of the molecule is NC(CCN(Cc1ccsc1)C1CC1)c1cccc(Cl)c1. The lowest BCUT2D eigenvalue weighted by Gasteiger charge is -2.23. The number of benzene rings is 1. The molecule has 2 nitrogen and oxygen atoms in total. The van der Waals surface area contributed by atoms with Gasteiger partial charge in [-0.1, -0.05) is 23.7 Å². The summed E-state index contributed by atoms with van der Waals surface area (Å²) in [5.74, 6) is 0. The minimum absolute atomic E-state index is 0.0624. The van der Waals surface area contributed by atoms with E-state index < -0.39 is 0 Å². The fraction of sp³-hybridized carbons (Fsp3) is 0.412. The Labute approximate surface area is 135 Å². The maximum Gasteiger partial charge on any atom is 0.0409 e. The average Bonchev–Trinajstić information content (AvgIpc) is 3.20. The van der Waals surface area contributed by atoms with Crippen molar-refractivity contribution in [3.63, 3.8) is 0 Å². The molecule has 1 fully saturated rings. The third-order valence-electron chi connectivity index (χ3n) is 4.03. The number of rotatable bonds is 7. The highest BCUT2D eigenvalue weighted by molar-refractivity contribution is 7.07. The Morgan fingerprint density at radius 1 is 1.33 bits per heavy atom. The van der Waals surface area contributed by atoms with Gasteiger partial charge in [0.25, 0.3) is 0 Å². The van der Waals surface area contributed by atoms with E-state index in [2.05, 4.69) is 27.8 Å². The van der Waals surface area contributed by atoms with Crippen LogP contribution in [-0.2, 0) is 6.54 Å². The molecular weight excluding hydrogens is 300 g/mol. The topological polar surface area (TPSA) is 29.3 Å². The number of halogens is 1. The predicted molar refractivity (Wildman–Crippen MR) is 90.7 cm³/mol. The molecule has 0 bridgehead atoms. The van der Waals surface area contributed by atoms with E-state index in [0.29, 0.717) is 0 Å². The van der Waals surface area contributed by atoms with Gasteiger partial charge in [-0.25, -0.2) is 0 Å². The molecule has 1 atom stereocenters. The zero-order valence-electron chi connectivity index (χ0n) is 12.0. The van der Waals surface area contributed by atoms with Crippen molar-refractivity contribution < 1.29 is 0 Å². The molecule has 1 aliphatic rings. The molecule has 21 heavy (non-hydrogen) atoms. The second-order valence-corrected chi connectivity index (χ2v) is 7.00. The van der Waals surface area contributed by atoms with Gasteiger partial charge in [-0.05, 0) is 59.3 Å². The van der Waals surface area contributed by atoms with Gasteiger partial charge < -0.3 is 5.73 Å². The highest BCUT2D eigenvalue weighted by Crippen LogP contribution is 2.30. The third-order valence-corrected chi connectivity index (χ3v) is 5.00. The Balaban J connectivity index is 1.56. The van der Waals surface area contributed by atoms with E-state index in [1.54, 1.807) is 11.3 Å². The Morgan fingerprint density at radius 3 is 2.86 bits per heavy atom. The van der Waals surface area contributed by atoms with Crippen molar-refractivity contribution in [3.05, 3.63) is 57.2 Å². The van der Waals surface area contributed by atoms with Gasteiger partial charge in [0.05, 0.1) is 0 Å². The molecule has 1 aromatic carbocycles. The molecule has 1 saturated carbocycles. The Hall–Kier alpha value is -0.870. The van der Waals surface area contributed by atoms with Crippen molar-refractivity contribution in [1.29, 1.82) is 0 Å². The van der Waals surface area contributed by atoms with Crippen molar-refractivity contribution in [2.24, 2.45) is 5.73 Å². The molecule has 0 radical (unpaired) electrons. The fourth-order valence-electron chi connectivity index (χ4n) is 2.66. The molecule has 1 aliphatic carbocycles. The molecule has 1 heterocycles. The number of thiophene rings is 1. The second kappa shape index (κ2) is 6.93. The smallest absolute Gasteiger partial charge is 0.0409 e. The van der Waals surface area contributed by atoms with Gasteiger partial charge in [0.15, 0.2) is 0 Å². The summed E-state index contributed by atoms with van der Waals surface area (Å²) in [6.07, 6.45) is 3.63. The minimum atomic E-state index is 0.0624. The van der Waals surface area contributed by atoms with Gasteiger partial charge in [-0.15, -0.1) is 0 Å². The molecule has 2 aromatic rings. The minimum Gasteiger partial charge on any atom is -0.324 e. The lowest BCUT2D eigenvalue weighted by atomic mass is 10.0. The van der Waals surface area contributed by atoms with Crippen LogP contribution in [-0.4, -0.2) is 17.5 Å². The number of nitrogens with zero attached hydrogens (tertiary/aromatic N) is 1. The zero-order valence-corrected chi connectivity index (χ0v) is 13.6. The van der Waals surface area contributed by atoms with Crippen LogP contribution in [0.25, 0.3) is 0 Å². The summed E-state index contributed by atoms with van der Waals surface area (Å²) in [7, 11) is 0. The zero-order chi connectivity index (χ0) is 14.7. The van der Waals surface area contributed by atoms with Crippen LogP contribution in [0.2, 0.25) is 5.02 Å². The summed E-state index contributed by atoms with van der Waals surface area (Å²) >= 11 is 7.81. The first-order chi connectivity index (χ1) is 10.2. The largest absolute Gasteiger partial charge is 0.324 e. The standard InChI is InChI=1S/C17H21ClN2S/c18-15-3-1-2-14(10-15)17(19)6-8-20(16-4-5-16)11-13-7-9-21-12-13/h1-3,7,9-10,12,16-17H,4-6,8,11,19H2. The fourth-order valence-corrected chi connectivity index (χ4v) is 3.51. The molecule has 0 aliphatic heterocycles. The van der Waals surface area contributed by atoms with Crippen molar-refractivity contribution >= 4 is 22.9 Å². The first-order valence-electron chi connectivity index (χ1n) is 7.48. The summed E-state index contributed by atoms with van der Waals surface area (Å²) in [4.78, 5) is 2.58. The Morgan fingerprint density at radius 2 is 2.19 bits per heavy atom. The molecule has 0 amide bonds. The highest BCUT2D eigenvalue weighted by atomic mass is 35.5. The van der Waals surface area contributed by atoms with Crippen LogP contribution < -0.4 is 5.73 Å². The normalized spacial score (nSPS) is 16.3. The van der Waals surface area contributed by atoms with E-state index in [9.17, 15) is 0 Å². The van der Waals surface area contributed by atoms with Crippen LogP contribution in [0.15, 0.2) is 41.1 Å². The number of nitrogens with two attached hydrogens (primary N) is 1. The van der Waals surface area contributed by atoms with Crippen molar-refractivity contribution in [1.82, 2.24) is 4.90 Å². The lowest BCUT2D eigenvalue weighted by Crippen LogP contribution is -2.29. The maximum atomic E-state index is 6.32. The molecule has 0 saturated heterocycles. The third kappa shape index (κ3) is 4.30. The van der Waals surface area contributed by atoms with Crippen molar-refractivity contribution in [3.8, 4) is 0 Å². The highest BCUT2D eigenvalue weighted by Gasteiger charge is 2.29. The summed E-state index contributed by atoms with van der Waals surface area (Å²) < 4.78 is 0. The molecule has 4 heteroatoms. The van der Waals surface area contributed by atoms with Gasteiger partial charge in [0.2, 0.25) is 0 Å². The molecular formula is C17H21ClN2S. The predicted octanol–water partition coefficient (Wildman–Crippen LogP) is 4.46. The van der Waals surface area contributed by atoms with Crippen LogP contribution in [0.1, 0.15) is 36.4 Å². The van der Waals surface area contributed by atoms with Crippen LogP contribution in [0, 0.1) is 0 Å². The summed E-state index contributed by atoms with van der Waals surface area (Å²) in [5.41, 5.74) is 8.88. The summed E-state index contributed by atoms with van der Waals surface area (Å²) in [5, 5.41) is 5.16. The van der Waals surface area contributed by atoms with E-state index in [-0.39, 0.29) is 6.04 Å². The second-order valence-electron chi connectivity index (χ2n) is 5.78. The molecule has 112 valence electrons. The van der Waals surface area contributed by atoms with Crippen molar-refractivity contribution in [2.45, 2.75) is 37.9 Å². The van der Waals surface area contributed by atoms with Gasteiger partial charge >= 0.3 is 0 Å². The monoisotopic (exact) mass is 320 g/mol. The summed E-state index contributed by atoms with van der Waals surface area (Å²) in [6, 6.07) is 11.0. The van der Waals surface area contributed by atoms with E-state index in [0.717, 1.165) is 36.1 Å². The van der Waals surface area contributed by atoms with E-state index in [4.69, 9.17) is 17.3 Å². The first-order valence-corrected chi connectivity index (χ1v) is 8.80. The molecule has 1 aromatic heterocycles. The first kappa shape index (κ1) is 15.0. The van der Waals surface area contributed by atoms with E-state index in [1.165, 1.54) is 18.4 Å². The van der Waals surface area contributed by atoms with Crippen LogP contribution in [0.4, 0.5) is 0 Å². The molecule has 2 N–H and O–H groups in total. The van der Waals surface area contributed by atoms with Gasteiger partial charge in [0.1, 0.15) is 0 Å². The van der Waals surface area contributed by atoms with E-state index >= 15 is 0 Å². The van der Waals surface area contributed by atoms with Crippen LogP contribution >= 0.6 is 22.9 Å². The van der Waals surface area contributed by atoms with Crippen molar-refractivity contribution in [2.75, 3.05) is 6.54 Å². The molecule has 0 spiro atoms. The Bertz CT molecular complexity index is 566. The lowest BCUT2D eigenvalue weighted by molar-refractivity contribution is 0.245. The summed E-state index contributed by atoms with van der Waals surface area (Å²) in [6.45, 7) is 2.10. The van der Waals surface area contributed by atoms with Crippen LogP contribution in [0.5, 0.6) is 0 Å². The van der Waals surface area contributed by atoms with Gasteiger partial charge in [-0.3, -0.25) is 4.90 Å². The van der Waals surface area contributed by atoms with Gasteiger partial charge in [-0.2, -0.15) is 11.3 Å².